The fourth-order valence-electron chi connectivity index (χ4n) is 5.75. The van der Waals surface area contributed by atoms with E-state index in [0.717, 1.165) is 31.4 Å². The molecule has 30 heavy (non-hydrogen) atoms. The third-order valence-corrected chi connectivity index (χ3v) is 7.50. The molecule has 4 N–H and O–H groups in total. The minimum Gasteiger partial charge on any atom is -0.395 e. The Bertz CT molecular complexity index is 1000. The molecule has 3 fully saturated rings. The van der Waals surface area contributed by atoms with Crippen molar-refractivity contribution in [3.63, 3.8) is 0 Å². The van der Waals surface area contributed by atoms with Crippen LogP contribution in [-0.4, -0.2) is 41.3 Å². The highest BCUT2D eigenvalue weighted by Crippen LogP contribution is 2.45. The number of carbonyl (C=O) groups excluding carboxylic acids is 2. The molecule has 2 spiro atoms. The SMILES string of the molecule is N/C(=C1/CCC[C@@]2(CCCCC2=O)C1=O)c1nc2c(c(=O)[nH]1)CNC[C@]21CCOC1. The lowest BCUT2D eigenvalue weighted by Crippen LogP contribution is -2.47. The molecule has 4 aliphatic rings. The van der Waals surface area contributed by atoms with E-state index in [0.29, 0.717) is 63.1 Å². The van der Waals surface area contributed by atoms with Crippen molar-refractivity contribution in [3.05, 3.63) is 33.0 Å². The summed E-state index contributed by atoms with van der Waals surface area (Å²) in [6, 6.07) is 0. The number of hydrogen-bond donors (Lipinski definition) is 3. The average Bonchev–Trinajstić information content (AvgIpc) is 3.21. The Hall–Kier alpha value is -2.32. The number of nitrogens with two attached hydrogens (primary N) is 1. The second-order valence-corrected chi connectivity index (χ2v) is 9.22. The van der Waals surface area contributed by atoms with E-state index in [-0.39, 0.29) is 34.1 Å². The van der Waals surface area contributed by atoms with Gasteiger partial charge in [0.15, 0.2) is 11.6 Å². The fourth-order valence-corrected chi connectivity index (χ4v) is 5.75. The molecule has 2 aliphatic heterocycles. The zero-order valence-corrected chi connectivity index (χ0v) is 17.1. The van der Waals surface area contributed by atoms with E-state index >= 15 is 0 Å². The quantitative estimate of drug-likeness (QED) is 0.465. The number of ketones is 2. The number of Topliss-reactive ketones (excluding diaryl/α,β-unsaturated/α-hetero) is 2. The summed E-state index contributed by atoms with van der Waals surface area (Å²) in [7, 11) is 0. The maximum atomic E-state index is 13.4. The predicted octanol–water partition coefficient (Wildman–Crippen LogP) is 1.08. The highest BCUT2D eigenvalue weighted by molar-refractivity contribution is 6.17. The molecular weight excluding hydrogens is 384 g/mol. The zero-order chi connectivity index (χ0) is 20.9. The van der Waals surface area contributed by atoms with E-state index in [1.807, 2.05) is 0 Å². The van der Waals surface area contributed by atoms with Gasteiger partial charge in [0.1, 0.15) is 5.78 Å². The van der Waals surface area contributed by atoms with Gasteiger partial charge in [-0.15, -0.1) is 0 Å². The van der Waals surface area contributed by atoms with Gasteiger partial charge in [-0.1, -0.05) is 6.42 Å². The van der Waals surface area contributed by atoms with Gasteiger partial charge in [-0.25, -0.2) is 4.98 Å². The first-order valence-corrected chi connectivity index (χ1v) is 11.0. The van der Waals surface area contributed by atoms with E-state index in [4.69, 9.17) is 15.5 Å². The minimum absolute atomic E-state index is 0.0452. The summed E-state index contributed by atoms with van der Waals surface area (Å²) in [4.78, 5) is 46.6. The monoisotopic (exact) mass is 412 g/mol. The summed E-state index contributed by atoms with van der Waals surface area (Å²) in [6.07, 6.45) is 5.43. The maximum absolute atomic E-state index is 13.4. The molecule has 2 saturated carbocycles. The maximum Gasteiger partial charge on any atom is 0.255 e. The largest absolute Gasteiger partial charge is 0.395 e. The van der Waals surface area contributed by atoms with Crippen LogP contribution in [0.15, 0.2) is 10.4 Å². The van der Waals surface area contributed by atoms with E-state index in [9.17, 15) is 14.4 Å². The van der Waals surface area contributed by atoms with Gasteiger partial charge in [0.2, 0.25) is 0 Å². The summed E-state index contributed by atoms with van der Waals surface area (Å²) in [6.45, 7) is 2.29. The van der Waals surface area contributed by atoms with Crippen LogP contribution >= 0.6 is 0 Å². The molecular formula is C22H28N4O4. The summed E-state index contributed by atoms with van der Waals surface area (Å²) in [5.41, 5.74) is 6.97. The number of allylic oxidation sites excluding steroid dienone is 1. The summed E-state index contributed by atoms with van der Waals surface area (Å²) >= 11 is 0. The highest BCUT2D eigenvalue weighted by atomic mass is 16.5. The Morgan fingerprint density at radius 1 is 1.07 bits per heavy atom. The van der Waals surface area contributed by atoms with Crippen LogP contribution in [0.25, 0.3) is 5.70 Å². The molecule has 1 saturated heterocycles. The van der Waals surface area contributed by atoms with E-state index in [1.54, 1.807) is 0 Å². The van der Waals surface area contributed by atoms with Crippen molar-refractivity contribution in [1.82, 2.24) is 15.3 Å². The Balaban J connectivity index is 1.59. The molecule has 1 aromatic heterocycles. The molecule has 0 amide bonds. The normalized spacial score (nSPS) is 33.2. The third-order valence-electron chi connectivity index (χ3n) is 7.50. The van der Waals surface area contributed by atoms with Crippen molar-refractivity contribution in [2.45, 2.75) is 63.3 Å². The highest BCUT2D eigenvalue weighted by Gasteiger charge is 2.49. The molecule has 0 unspecified atom stereocenters. The van der Waals surface area contributed by atoms with Crippen molar-refractivity contribution in [3.8, 4) is 0 Å². The topological polar surface area (TPSA) is 127 Å². The number of carbonyl (C=O) groups is 2. The Kier molecular flexibility index (Phi) is 4.67. The number of H-pyrrole nitrogens is 1. The van der Waals surface area contributed by atoms with Crippen LogP contribution in [-0.2, 0) is 26.3 Å². The zero-order valence-electron chi connectivity index (χ0n) is 17.1. The molecule has 2 atom stereocenters. The number of hydrogen-bond acceptors (Lipinski definition) is 7. The second kappa shape index (κ2) is 7.13. The molecule has 0 aromatic carbocycles. The Morgan fingerprint density at radius 2 is 1.90 bits per heavy atom. The molecule has 3 heterocycles. The lowest BCUT2D eigenvalue weighted by Gasteiger charge is -2.38. The van der Waals surface area contributed by atoms with Crippen LogP contribution in [0.1, 0.15) is 68.4 Å². The second-order valence-electron chi connectivity index (χ2n) is 9.22. The van der Waals surface area contributed by atoms with Crippen LogP contribution in [0.5, 0.6) is 0 Å². The molecule has 8 heteroatoms. The first kappa shape index (κ1) is 19.6. The van der Waals surface area contributed by atoms with Gasteiger partial charge in [-0.05, 0) is 38.5 Å². The van der Waals surface area contributed by atoms with Crippen LogP contribution in [0.4, 0.5) is 0 Å². The van der Waals surface area contributed by atoms with Gasteiger partial charge in [-0.2, -0.15) is 0 Å². The summed E-state index contributed by atoms with van der Waals surface area (Å²) < 4.78 is 5.63. The van der Waals surface area contributed by atoms with Crippen molar-refractivity contribution >= 4 is 17.3 Å². The lowest BCUT2D eigenvalue weighted by atomic mass is 9.62. The van der Waals surface area contributed by atoms with Crippen LogP contribution in [0.2, 0.25) is 0 Å². The molecule has 160 valence electrons. The van der Waals surface area contributed by atoms with Gasteiger partial charge in [0.25, 0.3) is 5.56 Å². The predicted molar refractivity (Wildman–Crippen MR) is 110 cm³/mol. The van der Waals surface area contributed by atoms with Gasteiger partial charge in [-0.3, -0.25) is 14.4 Å². The summed E-state index contributed by atoms with van der Waals surface area (Å²) in [5, 5.41) is 3.30. The standard InChI is InChI=1S/C22H28N4O4/c23-16(13-4-3-7-22(18(13)28)6-2-1-5-15(22)27)19-25-17-14(20(29)26-19)10-24-11-21(17)8-9-30-12-21/h24H,1-12,23H2,(H,25,26,29)/b16-13-/t21-,22+/m0/s1. The van der Waals surface area contributed by atoms with Crippen molar-refractivity contribution in [2.75, 3.05) is 19.8 Å². The first-order chi connectivity index (χ1) is 14.5. The number of fused-ring (bicyclic) bond motifs is 2. The Labute approximate surface area is 174 Å². The van der Waals surface area contributed by atoms with Gasteiger partial charge < -0.3 is 20.8 Å². The van der Waals surface area contributed by atoms with Gasteiger partial charge in [0, 0.05) is 31.7 Å². The molecule has 5 rings (SSSR count). The molecule has 0 bridgehead atoms. The number of rotatable bonds is 1. The summed E-state index contributed by atoms with van der Waals surface area (Å²) in [5.74, 6) is 0.135. The first-order valence-electron chi connectivity index (χ1n) is 11.0. The van der Waals surface area contributed by atoms with Crippen LogP contribution in [0, 0.1) is 5.41 Å². The fraction of sp³-hybridized carbons (Fsp3) is 0.636. The smallest absolute Gasteiger partial charge is 0.255 e. The van der Waals surface area contributed by atoms with Crippen LogP contribution < -0.4 is 16.6 Å². The van der Waals surface area contributed by atoms with E-state index in [1.165, 1.54) is 0 Å². The van der Waals surface area contributed by atoms with E-state index in [2.05, 4.69) is 10.3 Å². The number of nitrogens with zero attached hydrogens (tertiary/aromatic N) is 1. The number of aromatic amines is 1. The molecule has 1 aromatic rings. The number of aromatic nitrogens is 2. The average molecular weight is 412 g/mol. The van der Waals surface area contributed by atoms with Gasteiger partial charge in [0.05, 0.1) is 34.4 Å². The van der Waals surface area contributed by atoms with Crippen molar-refractivity contribution in [2.24, 2.45) is 11.1 Å². The minimum atomic E-state index is -0.921. The van der Waals surface area contributed by atoms with Crippen LogP contribution in [0.3, 0.4) is 0 Å². The van der Waals surface area contributed by atoms with Crippen molar-refractivity contribution < 1.29 is 14.3 Å². The lowest BCUT2D eigenvalue weighted by molar-refractivity contribution is -0.143. The van der Waals surface area contributed by atoms with E-state index < -0.39 is 5.41 Å². The number of nitrogens with one attached hydrogen (secondary N) is 2. The molecule has 8 nitrogen and oxygen atoms in total. The van der Waals surface area contributed by atoms with Crippen molar-refractivity contribution in [1.29, 1.82) is 0 Å². The van der Waals surface area contributed by atoms with Gasteiger partial charge >= 0.3 is 0 Å². The molecule has 0 radical (unpaired) electrons. The molecule has 2 aliphatic carbocycles. The Morgan fingerprint density at radius 3 is 2.67 bits per heavy atom. The third kappa shape index (κ3) is 2.80. The number of ether oxygens (including phenoxy) is 1.